The van der Waals surface area contributed by atoms with Crippen LogP contribution in [0.2, 0.25) is 0 Å². The fourth-order valence-corrected chi connectivity index (χ4v) is 4.18. The number of aliphatic imine (C=N–C) groups is 1. The van der Waals surface area contributed by atoms with Crippen LogP contribution < -0.4 is 0 Å². The Kier molecular flexibility index (Phi) is 6.33. The summed E-state index contributed by atoms with van der Waals surface area (Å²) in [5.74, 6) is 1.43. The first-order valence-electron chi connectivity index (χ1n) is 8.60. The molecule has 1 atom stereocenters. The highest BCUT2D eigenvalue weighted by Crippen LogP contribution is 2.32. The minimum atomic E-state index is -0.897. The molecule has 0 spiro atoms. The van der Waals surface area contributed by atoms with Crippen LogP contribution in [0, 0.1) is 18.8 Å². The highest BCUT2D eigenvalue weighted by molar-refractivity contribution is 8.14. The van der Waals surface area contributed by atoms with Crippen LogP contribution in [0.4, 0.5) is 5.69 Å². The van der Waals surface area contributed by atoms with E-state index in [0.717, 1.165) is 28.7 Å². The topological polar surface area (TPSA) is 52.9 Å². The summed E-state index contributed by atoms with van der Waals surface area (Å²) in [6.45, 7) is 11.9. The maximum Gasteiger partial charge on any atom is 0.335 e. The van der Waals surface area contributed by atoms with Crippen LogP contribution in [0.25, 0.3) is 0 Å². The number of carbonyl (C=O) groups is 1. The molecule has 1 saturated heterocycles. The van der Waals surface area contributed by atoms with Crippen LogP contribution in [0.1, 0.15) is 50.0 Å². The monoisotopic (exact) mass is 348 g/mol. The van der Waals surface area contributed by atoms with E-state index < -0.39 is 5.97 Å². The second-order valence-electron chi connectivity index (χ2n) is 7.34. The first-order valence-corrected chi connectivity index (χ1v) is 9.58. The van der Waals surface area contributed by atoms with Crippen molar-refractivity contribution in [3.05, 3.63) is 29.3 Å². The first-order chi connectivity index (χ1) is 11.3. The van der Waals surface area contributed by atoms with Crippen molar-refractivity contribution < 1.29 is 9.90 Å². The lowest BCUT2D eigenvalue weighted by molar-refractivity contribution is 0.0697. The van der Waals surface area contributed by atoms with E-state index in [9.17, 15) is 4.79 Å². The molecule has 0 aliphatic carbocycles. The third-order valence-electron chi connectivity index (χ3n) is 4.06. The zero-order valence-corrected chi connectivity index (χ0v) is 16.1. The van der Waals surface area contributed by atoms with E-state index in [4.69, 9.17) is 10.1 Å². The van der Waals surface area contributed by atoms with Crippen LogP contribution in [0.3, 0.4) is 0 Å². The van der Waals surface area contributed by atoms with Gasteiger partial charge < -0.3 is 10.0 Å². The molecule has 0 amide bonds. The number of amidine groups is 1. The normalized spacial score (nSPS) is 19.7. The number of rotatable bonds is 6. The number of aryl methyl sites for hydroxylation is 1. The molecule has 0 radical (unpaired) electrons. The van der Waals surface area contributed by atoms with Crippen molar-refractivity contribution in [3.8, 4) is 0 Å². The summed E-state index contributed by atoms with van der Waals surface area (Å²) in [5, 5.41) is 10.2. The van der Waals surface area contributed by atoms with Gasteiger partial charge in [-0.2, -0.15) is 0 Å². The molecular weight excluding hydrogens is 320 g/mol. The Morgan fingerprint density at radius 3 is 2.58 bits per heavy atom. The summed E-state index contributed by atoms with van der Waals surface area (Å²) >= 11 is 1.82. The van der Waals surface area contributed by atoms with Gasteiger partial charge in [0.05, 0.1) is 11.3 Å². The molecule has 1 aromatic rings. The summed E-state index contributed by atoms with van der Waals surface area (Å²) in [5.41, 5.74) is 2.08. The van der Waals surface area contributed by atoms with Crippen molar-refractivity contribution in [2.75, 3.05) is 12.3 Å². The van der Waals surface area contributed by atoms with Crippen molar-refractivity contribution in [2.24, 2.45) is 16.8 Å². The van der Waals surface area contributed by atoms with Gasteiger partial charge >= 0.3 is 5.97 Å². The van der Waals surface area contributed by atoms with E-state index >= 15 is 0 Å². The standard InChI is InChI=1S/C19H28N2O2S/c1-12(2)8-16-11-24-19(21(16)10-13(3)4)20-17-7-6-15(18(22)23)9-14(17)5/h6-7,9,12-13,16H,8,10-11H2,1-5H3,(H,22,23). The number of hydrogen-bond donors (Lipinski definition) is 1. The summed E-state index contributed by atoms with van der Waals surface area (Å²) in [6.07, 6.45) is 1.18. The average Bonchev–Trinajstić information content (AvgIpc) is 2.82. The summed E-state index contributed by atoms with van der Waals surface area (Å²) in [6, 6.07) is 5.68. The molecular formula is C19H28N2O2S. The SMILES string of the molecule is Cc1cc(C(=O)O)ccc1N=C1SCC(CC(C)C)N1CC(C)C. The van der Waals surface area contributed by atoms with Crippen molar-refractivity contribution in [1.29, 1.82) is 0 Å². The van der Waals surface area contributed by atoms with Crippen molar-refractivity contribution in [1.82, 2.24) is 4.90 Å². The molecule has 1 unspecified atom stereocenters. The molecule has 1 aromatic carbocycles. The Bertz CT molecular complexity index is 626. The molecule has 5 heteroatoms. The highest BCUT2D eigenvalue weighted by Gasteiger charge is 2.31. The van der Waals surface area contributed by atoms with Crippen molar-refractivity contribution in [3.63, 3.8) is 0 Å². The van der Waals surface area contributed by atoms with Crippen LogP contribution in [-0.4, -0.2) is 39.5 Å². The van der Waals surface area contributed by atoms with Gasteiger partial charge in [0.15, 0.2) is 5.17 Å². The third kappa shape index (κ3) is 4.76. The lowest BCUT2D eigenvalue weighted by Gasteiger charge is -2.29. The van der Waals surface area contributed by atoms with Crippen molar-refractivity contribution in [2.45, 2.75) is 47.1 Å². The van der Waals surface area contributed by atoms with Crippen LogP contribution in [-0.2, 0) is 0 Å². The van der Waals surface area contributed by atoms with Gasteiger partial charge in [-0.15, -0.1) is 0 Å². The van der Waals surface area contributed by atoms with Gasteiger partial charge in [0.25, 0.3) is 0 Å². The van der Waals surface area contributed by atoms with E-state index in [2.05, 4.69) is 32.6 Å². The Labute approximate surface area is 149 Å². The zero-order chi connectivity index (χ0) is 17.9. The number of hydrogen-bond acceptors (Lipinski definition) is 3. The number of carboxylic acid groups (broad SMARTS) is 1. The van der Waals surface area contributed by atoms with Crippen molar-refractivity contribution >= 4 is 28.6 Å². The van der Waals surface area contributed by atoms with Crippen LogP contribution >= 0.6 is 11.8 Å². The van der Waals surface area contributed by atoms with E-state index in [1.54, 1.807) is 12.1 Å². The van der Waals surface area contributed by atoms with E-state index in [-0.39, 0.29) is 0 Å². The maximum absolute atomic E-state index is 11.1. The zero-order valence-electron chi connectivity index (χ0n) is 15.2. The molecule has 1 aliphatic heterocycles. The lowest BCUT2D eigenvalue weighted by Crippen LogP contribution is -2.37. The van der Waals surface area contributed by atoms with Crippen LogP contribution in [0.15, 0.2) is 23.2 Å². The van der Waals surface area contributed by atoms with Gasteiger partial charge in [-0.25, -0.2) is 9.79 Å². The second kappa shape index (κ2) is 8.06. The summed E-state index contributed by atoms with van der Waals surface area (Å²) in [4.78, 5) is 18.4. The Morgan fingerprint density at radius 1 is 1.33 bits per heavy atom. The molecule has 132 valence electrons. The predicted molar refractivity (Wildman–Crippen MR) is 102 cm³/mol. The second-order valence-corrected chi connectivity index (χ2v) is 8.33. The molecule has 24 heavy (non-hydrogen) atoms. The quantitative estimate of drug-likeness (QED) is 0.802. The van der Waals surface area contributed by atoms with E-state index in [1.807, 2.05) is 24.8 Å². The molecule has 0 saturated carbocycles. The van der Waals surface area contributed by atoms with Gasteiger partial charge in [-0.1, -0.05) is 39.5 Å². The largest absolute Gasteiger partial charge is 0.478 e. The molecule has 0 aromatic heterocycles. The number of carboxylic acids is 1. The first kappa shape index (κ1) is 18.8. The van der Waals surface area contributed by atoms with Gasteiger partial charge in [0.2, 0.25) is 0 Å². The molecule has 1 heterocycles. The van der Waals surface area contributed by atoms with Gasteiger partial charge in [-0.05, 0) is 48.9 Å². The Morgan fingerprint density at radius 2 is 2.04 bits per heavy atom. The molecule has 0 bridgehead atoms. The molecule has 1 N–H and O–H groups in total. The average molecular weight is 349 g/mol. The van der Waals surface area contributed by atoms with Gasteiger partial charge in [0, 0.05) is 18.3 Å². The highest BCUT2D eigenvalue weighted by atomic mass is 32.2. The number of thioether (sulfide) groups is 1. The fraction of sp³-hybridized carbons (Fsp3) is 0.579. The summed E-state index contributed by atoms with van der Waals surface area (Å²) in [7, 11) is 0. The van der Waals surface area contributed by atoms with E-state index in [0.29, 0.717) is 23.4 Å². The van der Waals surface area contributed by atoms with Crippen LogP contribution in [0.5, 0.6) is 0 Å². The molecule has 2 rings (SSSR count). The molecule has 1 fully saturated rings. The summed E-state index contributed by atoms with van der Waals surface area (Å²) < 4.78 is 0. The molecule has 4 nitrogen and oxygen atoms in total. The third-order valence-corrected chi connectivity index (χ3v) is 5.19. The number of benzene rings is 1. The lowest BCUT2D eigenvalue weighted by atomic mass is 10.0. The Balaban J connectivity index is 2.28. The Hall–Kier alpha value is -1.49. The number of aromatic carboxylic acids is 1. The van der Waals surface area contributed by atoms with Gasteiger partial charge in [0.1, 0.15) is 0 Å². The van der Waals surface area contributed by atoms with E-state index in [1.165, 1.54) is 6.42 Å². The minimum absolute atomic E-state index is 0.312. The maximum atomic E-state index is 11.1. The van der Waals surface area contributed by atoms with Gasteiger partial charge in [-0.3, -0.25) is 0 Å². The fourth-order valence-electron chi connectivity index (χ4n) is 2.97. The smallest absolute Gasteiger partial charge is 0.335 e. The molecule has 1 aliphatic rings. The predicted octanol–water partition coefficient (Wildman–Crippen LogP) is 4.80. The number of nitrogens with zero attached hydrogens (tertiary/aromatic N) is 2. The minimum Gasteiger partial charge on any atom is -0.478 e.